The molecule has 4 fully saturated rings. The van der Waals surface area contributed by atoms with Crippen molar-refractivity contribution in [2.45, 2.75) is 54.4 Å². The van der Waals surface area contributed by atoms with Crippen molar-refractivity contribution >= 4 is 58.2 Å². The van der Waals surface area contributed by atoms with Gasteiger partial charge in [0.05, 0.1) is 0 Å². The molecule has 10 heteroatoms. The number of carbonyl (C=O) groups is 2. The van der Waals surface area contributed by atoms with Crippen LogP contribution in [0.15, 0.2) is 36.4 Å². The topological polar surface area (TPSA) is 64.7 Å². The highest BCUT2D eigenvalue weighted by atomic mass is 35.5. The lowest BCUT2D eigenvalue weighted by atomic mass is 9.92. The van der Waals surface area contributed by atoms with Crippen LogP contribution in [0.5, 0.6) is 0 Å². The standard InChI is InChI=1S/2C19H26Cl2N2O/c2*1-19(2,3)4-5-23-10-16-15(17(16)11-23)9-22-18(24)12-6-13(20)8-14(21)7-12/h2*6-8,15-17H,4-5,9-11H2,1-3H3,(H,22,24)/t2*15?,16-,17+. The number of nitrogens with one attached hydrogen (secondary N) is 2. The van der Waals surface area contributed by atoms with Gasteiger partial charge in [0.2, 0.25) is 0 Å². The van der Waals surface area contributed by atoms with E-state index in [0.717, 1.165) is 36.8 Å². The number of halogens is 4. The minimum absolute atomic E-state index is 0.0889. The van der Waals surface area contributed by atoms with Crippen LogP contribution in [0.3, 0.4) is 0 Å². The van der Waals surface area contributed by atoms with Crippen molar-refractivity contribution in [3.8, 4) is 0 Å². The Labute approximate surface area is 307 Å². The van der Waals surface area contributed by atoms with Crippen LogP contribution in [-0.2, 0) is 0 Å². The van der Waals surface area contributed by atoms with Crippen molar-refractivity contribution in [2.24, 2.45) is 46.3 Å². The molecule has 2 N–H and O–H groups in total. The summed E-state index contributed by atoms with van der Waals surface area (Å²) in [5, 5.41) is 8.05. The molecule has 4 aliphatic rings. The van der Waals surface area contributed by atoms with Gasteiger partial charge in [0.1, 0.15) is 0 Å². The second kappa shape index (κ2) is 15.4. The highest BCUT2D eigenvalue weighted by Gasteiger charge is 2.56. The first-order chi connectivity index (χ1) is 22.5. The summed E-state index contributed by atoms with van der Waals surface area (Å²) in [5.74, 6) is 4.12. The zero-order valence-corrected chi connectivity index (χ0v) is 32.2. The zero-order chi connectivity index (χ0) is 35.0. The summed E-state index contributed by atoms with van der Waals surface area (Å²) >= 11 is 23.8. The van der Waals surface area contributed by atoms with E-state index in [9.17, 15) is 9.59 Å². The van der Waals surface area contributed by atoms with Crippen LogP contribution in [0.2, 0.25) is 20.1 Å². The van der Waals surface area contributed by atoms with E-state index >= 15 is 0 Å². The molecule has 0 spiro atoms. The molecule has 2 aliphatic heterocycles. The Morgan fingerprint density at radius 3 is 1.15 bits per heavy atom. The van der Waals surface area contributed by atoms with E-state index in [-0.39, 0.29) is 11.8 Å². The predicted molar refractivity (Wildman–Crippen MR) is 200 cm³/mol. The Bertz CT molecular complexity index is 1300. The third kappa shape index (κ3) is 10.7. The zero-order valence-electron chi connectivity index (χ0n) is 29.2. The smallest absolute Gasteiger partial charge is 0.251 e. The number of nitrogens with zero attached hydrogens (tertiary/aromatic N) is 2. The van der Waals surface area contributed by atoms with Crippen molar-refractivity contribution < 1.29 is 9.59 Å². The molecule has 6 atom stereocenters. The van der Waals surface area contributed by atoms with E-state index in [0.29, 0.717) is 53.9 Å². The third-order valence-corrected chi connectivity index (χ3v) is 11.4. The lowest BCUT2D eigenvalue weighted by Crippen LogP contribution is -2.32. The number of amides is 2. The lowest BCUT2D eigenvalue weighted by molar-refractivity contribution is 0.0941. The van der Waals surface area contributed by atoms with Gasteiger partial charge in [0.25, 0.3) is 11.8 Å². The van der Waals surface area contributed by atoms with Crippen molar-refractivity contribution in [3.63, 3.8) is 0 Å². The van der Waals surface area contributed by atoms with Gasteiger partial charge >= 0.3 is 0 Å². The minimum atomic E-state index is -0.0889. The Hall–Kier alpha value is -1.54. The molecule has 264 valence electrons. The molecule has 0 aromatic heterocycles. The minimum Gasteiger partial charge on any atom is -0.352 e. The monoisotopic (exact) mass is 736 g/mol. The van der Waals surface area contributed by atoms with Crippen molar-refractivity contribution in [1.29, 1.82) is 0 Å². The number of fused-ring (bicyclic) bond motifs is 2. The van der Waals surface area contributed by atoms with E-state index in [1.54, 1.807) is 36.4 Å². The number of carbonyl (C=O) groups excluding carboxylic acids is 2. The second-order valence-electron chi connectivity index (χ2n) is 16.9. The first-order valence-corrected chi connectivity index (χ1v) is 18.9. The first-order valence-electron chi connectivity index (χ1n) is 17.4. The van der Waals surface area contributed by atoms with E-state index in [2.05, 4.69) is 62.0 Å². The lowest BCUT2D eigenvalue weighted by Gasteiger charge is -2.25. The van der Waals surface area contributed by atoms with Gasteiger partial charge in [-0.1, -0.05) is 87.9 Å². The van der Waals surface area contributed by atoms with E-state index < -0.39 is 0 Å². The number of likely N-dealkylation sites (tertiary alicyclic amines) is 2. The molecule has 2 unspecified atom stereocenters. The van der Waals surface area contributed by atoms with Gasteiger partial charge in [-0.2, -0.15) is 0 Å². The Morgan fingerprint density at radius 2 is 0.875 bits per heavy atom. The molecule has 2 amide bonds. The molecule has 48 heavy (non-hydrogen) atoms. The van der Waals surface area contributed by atoms with Gasteiger partial charge in [-0.15, -0.1) is 0 Å². The normalized spacial score (nSPS) is 26.3. The van der Waals surface area contributed by atoms with Gasteiger partial charge in [-0.3, -0.25) is 9.59 Å². The highest BCUT2D eigenvalue weighted by molar-refractivity contribution is 6.35. The Balaban J connectivity index is 0.000000188. The van der Waals surface area contributed by atoms with Crippen LogP contribution >= 0.6 is 46.4 Å². The summed E-state index contributed by atoms with van der Waals surface area (Å²) in [6.45, 7) is 22.4. The van der Waals surface area contributed by atoms with Crippen molar-refractivity contribution in [2.75, 3.05) is 52.4 Å². The summed E-state index contributed by atoms with van der Waals surface area (Å²) in [4.78, 5) is 29.6. The summed E-state index contributed by atoms with van der Waals surface area (Å²) in [6, 6.07) is 9.90. The quantitative estimate of drug-likeness (QED) is 0.256. The molecule has 6 nitrogen and oxygen atoms in total. The van der Waals surface area contributed by atoms with Crippen LogP contribution in [0, 0.1) is 46.3 Å². The average molecular weight is 739 g/mol. The number of hydrogen-bond acceptors (Lipinski definition) is 4. The molecule has 2 saturated heterocycles. The fraction of sp³-hybridized carbons (Fsp3) is 0.632. The molecule has 2 aromatic carbocycles. The molecule has 2 heterocycles. The van der Waals surface area contributed by atoms with E-state index in [1.165, 1.54) is 52.1 Å². The first kappa shape index (κ1) is 37.7. The fourth-order valence-corrected chi connectivity index (χ4v) is 8.48. The number of benzene rings is 2. The number of hydrogen-bond donors (Lipinski definition) is 2. The van der Waals surface area contributed by atoms with Crippen LogP contribution < -0.4 is 10.6 Å². The van der Waals surface area contributed by atoms with Crippen LogP contribution in [0.4, 0.5) is 0 Å². The van der Waals surface area contributed by atoms with Gasteiger partial charge in [0, 0.05) is 70.5 Å². The fourth-order valence-electron chi connectivity index (χ4n) is 7.43. The number of rotatable bonds is 10. The van der Waals surface area contributed by atoms with E-state index in [1.807, 2.05) is 0 Å². The summed E-state index contributed by atoms with van der Waals surface area (Å²) < 4.78 is 0. The molecule has 0 radical (unpaired) electrons. The van der Waals surface area contributed by atoms with E-state index in [4.69, 9.17) is 46.4 Å². The summed E-state index contributed by atoms with van der Waals surface area (Å²) in [6.07, 6.45) is 2.48. The largest absolute Gasteiger partial charge is 0.352 e. The Morgan fingerprint density at radius 1 is 0.583 bits per heavy atom. The van der Waals surface area contributed by atoms with Crippen molar-refractivity contribution in [3.05, 3.63) is 67.6 Å². The predicted octanol–water partition coefficient (Wildman–Crippen LogP) is 8.67. The van der Waals surface area contributed by atoms with Gasteiger partial charge in [-0.05, 0) is 109 Å². The molecule has 2 aliphatic carbocycles. The van der Waals surface area contributed by atoms with Crippen LogP contribution in [0.1, 0.15) is 75.1 Å². The van der Waals surface area contributed by atoms with Gasteiger partial charge in [-0.25, -0.2) is 0 Å². The maximum atomic E-state index is 12.2. The molecule has 6 rings (SSSR count). The number of piperidine rings is 2. The molecular formula is C38H52Cl4N4O2. The second-order valence-corrected chi connectivity index (χ2v) is 18.6. The average Bonchev–Trinajstić information content (AvgIpc) is 3.64. The maximum absolute atomic E-state index is 12.2. The van der Waals surface area contributed by atoms with Crippen LogP contribution in [0.25, 0.3) is 0 Å². The summed E-state index contributed by atoms with van der Waals surface area (Å²) in [7, 11) is 0. The molecule has 2 saturated carbocycles. The molecule has 2 aromatic rings. The van der Waals surface area contributed by atoms with Crippen molar-refractivity contribution in [1.82, 2.24) is 20.4 Å². The summed E-state index contributed by atoms with van der Waals surface area (Å²) in [5.41, 5.74) is 1.87. The molecular weight excluding hydrogens is 686 g/mol. The third-order valence-electron chi connectivity index (χ3n) is 10.5. The van der Waals surface area contributed by atoms with Crippen LogP contribution in [-0.4, -0.2) is 74.0 Å². The SMILES string of the molecule is CC(C)(C)CCN1C[C@@H]2C(CNC(=O)c3cc(Cl)cc(Cl)c3)[C@@H]2C1.CC(C)(C)CCN1C[C@@H]2C(CNC(=O)c3cc(Cl)cc(Cl)c3)[C@@H]2C1. The highest BCUT2D eigenvalue weighted by Crippen LogP contribution is 2.52. The maximum Gasteiger partial charge on any atom is 0.251 e. The van der Waals surface area contributed by atoms with Gasteiger partial charge < -0.3 is 20.4 Å². The Kier molecular flexibility index (Phi) is 12.1. The molecule has 0 bridgehead atoms. The van der Waals surface area contributed by atoms with Gasteiger partial charge in [0.15, 0.2) is 0 Å².